The van der Waals surface area contributed by atoms with E-state index in [4.69, 9.17) is 17.3 Å². The lowest BCUT2D eigenvalue weighted by Crippen LogP contribution is -2.43. The molecule has 0 bridgehead atoms. The van der Waals surface area contributed by atoms with Crippen molar-refractivity contribution in [3.8, 4) is 0 Å². The lowest BCUT2D eigenvalue weighted by atomic mass is 9.92. The fraction of sp³-hybridized carbons (Fsp3) is 0.367. The van der Waals surface area contributed by atoms with Crippen molar-refractivity contribution in [2.45, 2.75) is 53.1 Å². The monoisotopic (exact) mass is 533 g/mol. The third-order valence-electron chi connectivity index (χ3n) is 7.16. The van der Waals surface area contributed by atoms with Gasteiger partial charge in [0.15, 0.2) is 0 Å². The molecule has 0 saturated heterocycles. The summed E-state index contributed by atoms with van der Waals surface area (Å²) in [6, 6.07) is 19.0. The van der Waals surface area contributed by atoms with Crippen LogP contribution in [0.25, 0.3) is 5.52 Å². The van der Waals surface area contributed by atoms with E-state index in [-0.39, 0.29) is 23.6 Å². The van der Waals surface area contributed by atoms with Gasteiger partial charge in [0, 0.05) is 17.8 Å². The second-order valence-corrected chi connectivity index (χ2v) is 10.3. The van der Waals surface area contributed by atoms with Gasteiger partial charge < -0.3 is 10.6 Å². The number of carbonyl (C=O) groups is 1. The maximum absolute atomic E-state index is 14.1. The summed E-state index contributed by atoms with van der Waals surface area (Å²) in [4.78, 5) is 29.9. The van der Waals surface area contributed by atoms with E-state index in [9.17, 15) is 9.59 Å². The van der Waals surface area contributed by atoms with Crippen molar-refractivity contribution in [3.63, 3.8) is 0 Å². The summed E-state index contributed by atoms with van der Waals surface area (Å²) in [6.07, 6.45) is 1.45. The zero-order chi connectivity index (χ0) is 27.4. The van der Waals surface area contributed by atoms with Crippen molar-refractivity contribution < 1.29 is 4.79 Å². The van der Waals surface area contributed by atoms with E-state index in [0.717, 1.165) is 23.2 Å². The van der Waals surface area contributed by atoms with Crippen LogP contribution in [0.1, 0.15) is 65.6 Å². The second-order valence-electron chi connectivity index (χ2n) is 9.96. The molecule has 0 aliphatic rings. The van der Waals surface area contributed by atoms with Crippen LogP contribution in [0, 0.1) is 19.8 Å². The molecule has 38 heavy (non-hydrogen) atoms. The quantitative estimate of drug-likeness (QED) is 0.296. The topological polar surface area (TPSA) is 85.6 Å². The smallest absolute Gasteiger partial charge is 0.330 e. The lowest BCUT2D eigenvalue weighted by Gasteiger charge is -2.37. The van der Waals surface area contributed by atoms with Crippen molar-refractivity contribution in [1.29, 1.82) is 0 Å². The van der Waals surface area contributed by atoms with Crippen LogP contribution in [0.5, 0.6) is 0 Å². The van der Waals surface area contributed by atoms with Crippen molar-refractivity contribution in [2.24, 2.45) is 11.7 Å². The SMILES string of the molecule is CCC(C)C(c1cc2c(Cl)c(C)nn2c(=O)n1Cc1ccccc1)N(CCCN)C(=O)c1cccc(C)c1. The third kappa shape index (κ3) is 5.54. The Balaban J connectivity index is 1.97. The largest absolute Gasteiger partial charge is 0.349 e. The number of benzene rings is 2. The van der Waals surface area contributed by atoms with Crippen LogP contribution in [-0.2, 0) is 6.54 Å². The molecular weight excluding hydrogens is 498 g/mol. The molecule has 0 aliphatic carbocycles. The van der Waals surface area contributed by atoms with E-state index in [0.29, 0.717) is 47.9 Å². The van der Waals surface area contributed by atoms with Gasteiger partial charge in [-0.3, -0.25) is 9.36 Å². The fourth-order valence-electron chi connectivity index (χ4n) is 4.96. The molecule has 4 aromatic rings. The standard InChI is InChI=1S/C30H36ClN5O2/c1-5-21(3)28(34(16-10-15-32)29(37)24-14-9-11-20(2)17-24)26-18-25-27(31)22(4)33-36(25)30(38)35(26)19-23-12-7-6-8-13-23/h6-9,11-14,17-18,21,28H,5,10,15-16,19,32H2,1-4H3. The highest BCUT2D eigenvalue weighted by Crippen LogP contribution is 2.34. The molecule has 2 aromatic carbocycles. The Morgan fingerprint density at radius 2 is 1.84 bits per heavy atom. The Labute approximate surface area is 228 Å². The fourth-order valence-corrected chi connectivity index (χ4v) is 5.14. The lowest BCUT2D eigenvalue weighted by molar-refractivity contribution is 0.0594. The summed E-state index contributed by atoms with van der Waals surface area (Å²) in [6.45, 7) is 9.25. The molecule has 0 fully saturated rings. The first-order valence-electron chi connectivity index (χ1n) is 13.2. The second kappa shape index (κ2) is 12.0. The summed E-state index contributed by atoms with van der Waals surface area (Å²) in [5, 5.41) is 4.86. The maximum atomic E-state index is 14.1. The normalized spacial score (nSPS) is 13.0. The van der Waals surface area contributed by atoms with E-state index in [2.05, 4.69) is 18.9 Å². The highest BCUT2D eigenvalue weighted by molar-refractivity contribution is 6.34. The van der Waals surface area contributed by atoms with Crippen molar-refractivity contribution in [1.82, 2.24) is 19.1 Å². The van der Waals surface area contributed by atoms with Crippen LogP contribution >= 0.6 is 11.6 Å². The molecule has 0 aliphatic heterocycles. The molecule has 2 aromatic heterocycles. The molecule has 2 unspecified atom stereocenters. The molecule has 200 valence electrons. The first-order valence-corrected chi connectivity index (χ1v) is 13.5. The molecule has 2 heterocycles. The third-order valence-corrected chi connectivity index (χ3v) is 7.63. The molecule has 1 amide bonds. The van der Waals surface area contributed by atoms with Gasteiger partial charge in [-0.2, -0.15) is 9.61 Å². The van der Waals surface area contributed by atoms with Gasteiger partial charge in [0.25, 0.3) is 5.91 Å². The van der Waals surface area contributed by atoms with Gasteiger partial charge in [-0.25, -0.2) is 4.79 Å². The first kappa shape index (κ1) is 27.6. The first-order chi connectivity index (χ1) is 18.3. The number of hydrogen-bond acceptors (Lipinski definition) is 4. The zero-order valence-electron chi connectivity index (χ0n) is 22.5. The molecule has 0 radical (unpaired) electrons. The maximum Gasteiger partial charge on any atom is 0.349 e. The molecule has 2 atom stereocenters. The molecule has 0 spiro atoms. The average molecular weight is 534 g/mol. The minimum atomic E-state index is -0.382. The highest BCUT2D eigenvalue weighted by Gasteiger charge is 2.33. The van der Waals surface area contributed by atoms with Crippen LogP contribution in [0.3, 0.4) is 0 Å². The average Bonchev–Trinajstić information content (AvgIpc) is 3.21. The summed E-state index contributed by atoms with van der Waals surface area (Å²) in [7, 11) is 0. The van der Waals surface area contributed by atoms with Crippen LogP contribution in [0.2, 0.25) is 5.02 Å². The van der Waals surface area contributed by atoms with Gasteiger partial charge in [-0.15, -0.1) is 0 Å². The number of rotatable bonds is 10. The zero-order valence-corrected chi connectivity index (χ0v) is 23.3. The van der Waals surface area contributed by atoms with Crippen LogP contribution in [-0.4, -0.2) is 38.1 Å². The number of amides is 1. The highest BCUT2D eigenvalue weighted by atomic mass is 35.5. The molecular formula is C30H36ClN5O2. The van der Waals surface area contributed by atoms with Gasteiger partial charge >= 0.3 is 5.69 Å². The molecule has 0 saturated carbocycles. The number of halogens is 1. The van der Waals surface area contributed by atoms with Gasteiger partial charge in [-0.1, -0.05) is 79.9 Å². The predicted molar refractivity (Wildman–Crippen MR) is 153 cm³/mol. The Hall–Kier alpha value is -3.42. The van der Waals surface area contributed by atoms with Gasteiger partial charge in [0.1, 0.15) is 0 Å². The van der Waals surface area contributed by atoms with E-state index in [1.165, 1.54) is 4.52 Å². The van der Waals surface area contributed by atoms with Crippen LogP contribution in [0.15, 0.2) is 65.5 Å². The number of aromatic nitrogens is 3. The predicted octanol–water partition coefficient (Wildman–Crippen LogP) is 5.39. The Kier molecular flexibility index (Phi) is 8.69. The van der Waals surface area contributed by atoms with Crippen LogP contribution < -0.4 is 11.4 Å². The summed E-state index contributed by atoms with van der Waals surface area (Å²) < 4.78 is 3.10. The minimum Gasteiger partial charge on any atom is -0.330 e. The van der Waals surface area contributed by atoms with Crippen molar-refractivity contribution in [2.75, 3.05) is 13.1 Å². The summed E-state index contributed by atoms with van der Waals surface area (Å²) in [5.74, 6) is -0.0324. The van der Waals surface area contributed by atoms with E-state index < -0.39 is 0 Å². The summed E-state index contributed by atoms with van der Waals surface area (Å²) >= 11 is 6.63. The van der Waals surface area contributed by atoms with E-state index in [1.807, 2.05) is 72.5 Å². The van der Waals surface area contributed by atoms with Gasteiger partial charge in [0.05, 0.1) is 28.8 Å². The number of nitrogens with two attached hydrogens (primary N) is 1. The van der Waals surface area contributed by atoms with Crippen molar-refractivity contribution >= 4 is 23.0 Å². The Morgan fingerprint density at radius 1 is 1.11 bits per heavy atom. The van der Waals surface area contributed by atoms with E-state index >= 15 is 0 Å². The molecule has 7 nitrogen and oxygen atoms in total. The molecule has 8 heteroatoms. The van der Waals surface area contributed by atoms with Crippen LogP contribution in [0.4, 0.5) is 0 Å². The van der Waals surface area contributed by atoms with Gasteiger partial charge in [-0.05, 0) is 56.5 Å². The number of aryl methyl sites for hydroxylation is 2. The Bertz CT molecular complexity index is 1480. The Morgan fingerprint density at radius 3 is 2.50 bits per heavy atom. The summed E-state index contributed by atoms with van der Waals surface area (Å²) in [5.41, 5.74) is 10.1. The van der Waals surface area contributed by atoms with Gasteiger partial charge in [0.2, 0.25) is 0 Å². The molecule has 2 N–H and O–H groups in total. The van der Waals surface area contributed by atoms with E-state index in [1.54, 1.807) is 11.5 Å². The van der Waals surface area contributed by atoms with Crippen molar-refractivity contribution in [3.05, 3.63) is 104 Å². The number of carbonyl (C=O) groups excluding carboxylic acids is 1. The molecule has 4 rings (SSSR count). The minimum absolute atomic E-state index is 0.0493. The number of hydrogen-bond donors (Lipinski definition) is 1. The number of nitrogens with zero attached hydrogens (tertiary/aromatic N) is 4. The number of fused-ring (bicyclic) bond motifs is 1.